The van der Waals surface area contributed by atoms with Gasteiger partial charge in [-0.1, -0.05) is 32.8 Å². The monoisotopic (exact) mass is 325 g/mol. The topological polar surface area (TPSA) is 72.5 Å². The molecule has 0 bridgehead atoms. The van der Waals surface area contributed by atoms with E-state index in [9.17, 15) is 13.2 Å². The fraction of sp³-hybridized carbons (Fsp3) is 0.562. The summed E-state index contributed by atoms with van der Waals surface area (Å²) < 4.78 is 32.5. The Balaban J connectivity index is 2.21. The minimum Gasteiger partial charge on any atom is -0.465 e. The summed E-state index contributed by atoms with van der Waals surface area (Å²) in [6.07, 6.45) is 3.01. The van der Waals surface area contributed by atoms with E-state index in [4.69, 9.17) is 0 Å². The summed E-state index contributed by atoms with van der Waals surface area (Å²) in [4.78, 5) is 11.6. The number of methoxy groups -OCH3 is 1. The zero-order valence-electron chi connectivity index (χ0n) is 13.2. The number of rotatable bonds is 4. The van der Waals surface area contributed by atoms with Crippen LogP contribution in [0.15, 0.2) is 29.2 Å². The summed E-state index contributed by atoms with van der Waals surface area (Å²) in [7, 11) is -2.37. The van der Waals surface area contributed by atoms with E-state index < -0.39 is 16.0 Å². The molecule has 1 aliphatic carbocycles. The number of carbonyl (C=O) groups excluding carboxylic acids is 1. The molecule has 1 aromatic rings. The fourth-order valence-corrected chi connectivity index (χ4v) is 4.33. The van der Waals surface area contributed by atoms with Crippen molar-refractivity contribution in [2.75, 3.05) is 7.11 Å². The molecule has 1 N–H and O–H groups in total. The van der Waals surface area contributed by atoms with Crippen LogP contribution in [0.25, 0.3) is 0 Å². The van der Waals surface area contributed by atoms with Crippen LogP contribution < -0.4 is 4.72 Å². The lowest BCUT2D eigenvalue weighted by molar-refractivity contribution is 0.0600. The molecule has 5 nitrogen and oxygen atoms in total. The van der Waals surface area contributed by atoms with E-state index in [1.54, 1.807) is 6.07 Å². The summed E-state index contributed by atoms with van der Waals surface area (Å²) in [6.45, 7) is 4.24. The first-order valence-electron chi connectivity index (χ1n) is 7.56. The van der Waals surface area contributed by atoms with Crippen molar-refractivity contribution in [2.24, 2.45) is 11.8 Å². The molecule has 0 amide bonds. The van der Waals surface area contributed by atoms with Crippen molar-refractivity contribution in [1.82, 2.24) is 4.72 Å². The Morgan fingerprint density at radius 2 is 2.00 bits per heavy atom. The van der Waals surface area contributed by atoms with Gasteiger partial charge in [-0.2, -0.15) is 0 Å². The average molecular weight is 325 g/mol. The van der Waals surface area contributed by atoms with Crippen LogP contribution in [0.2, 0.25) is 0 Å². The third kappa shape index (κ3) is 3.67. The molecule has 0 heterocycles. The van der Waals surface area contributed by atoms with Gasteiger partial charge in [0, 0.05) is 6.04 Å². The third-order valence-electron chi connectivity index (χ3n) is 4.58. The van der Waals surface area contributed by atoms with E-state index in [-0.39, 0.29) is 16.5 Å². The van der Waals surface area contributed by atoms with Gasteiger partial charge in [0.1, 0.15) is 0 Å². The molecule has 0 radical (unpaired) electrons. The average Bonchev–Trinajstić information content (AvgIpc) is 2.51. The molecule has 0 spiro atoms. The second-order valence-corrected chi connectivity index (χ2v) is 7.73. The van der Waals surface area contributed by atoms with Gasteiger partial charge >= 0.3 is 5.97 Å². The molecule has 0 aliphatic heterocycles. The Morgan fingerprint density at radius 1 is 1.27 bits per heavy atom. The lowest BCUT2D eigenvalue weighted by atomic mass is 9.78. The van der Waals surface area contributed by atoms with Crippen molar-refractivity contribution in [3.8, 4) is 0 Å². The van der Waals surface area contributed by atoms with Crippen LogP contribution in [-0.4, -0.2) is 27.5 Å². The quantitative estimate of drug-likeness (QED) is 0.864. The molecule has 1 fully saturated rings. The van der Waals surface area contributed by atoms with Crippen molar-refractivity contribution in [1.29, 1.82) is 0 Å². The Labute approximate surface area is 132 Å². The highest BCUT2D eigenvalue weighted by atomic mass is 32.2. The van der Waals surface area contributed by atoms with Crippen LogP contribution in [0, 0.1) is 11.8 Å². The number of sulfonamides is 1. The van der Waals surface area contributed by atoms with Gasteiger partial charge in [-0.15, -0.1) is 0 Å². The van der Waals surface area contributed by atoms with Crippen LogP contribution in [0.1, 0.15) is 43.5 Å². The number of benzene rings is 1. The van der Waals surface area contributed by atoms with E-state index in [0.29, 0.717) is 11.8 Å². The van der Waals surface area contributed by atoms with Crippen LogP contribution in [-0.2, 0) is 14.8 Å². The van der Waals surface area contributed by atoms with E-state index >= 15 is 0 Å². The van der Waals surface area contributed by atoms with Gasteiger partial charge < -0.3 is 4.74 Å². The maximum absolute atomic E-state index is 12.6. The van der Waals surface area contributed by atoms with Crippen molar-refractivity contribution < 1.29 is 17.9 Å². The molecule has 22 heavy (non-hydrogen) atoms. The van der Waals surface area contributed by atoms with Gasteiger partial charge in [-0.25, -0.2) is 17.9 Å². The largest absolute Gasteiger partial charge is 0.465 e. The molecule has 1 aromatic carbocycles. The number of ether oxygens (including phenoxy) is 1. The van der Waals surface area contributed by atoms with Crippen LogP contribution in [0.4, 0.5) is 0 Å². The first-order valence-corrected chi connectivity index (χ1v) is 9.04. The Bertz CT molecular complexity index is 641. The maximum Gasteiger partial charge on any atom is 0.337 e. The van der Waals surface area contributed by atoms with Gasteiger partial charge in [0.2, 0.25) is 10.0 Å². The number of nitrogens with one attached hydrogen (secondary N) is 1. The number of hydrogen-bond acceptors (Lipinski definition) is 4. The summed E-state index contributed by atoms with van der Waals surface area (Å²) in [5, 5.41) is 0. The molecule has 6 heteroatoms. The van der Waals surface area contributed by atoms with E-state index in [1.807, 2.05) is 0 Å². The zero-order valence-corrected chi connectivity index (χ0v) is 14.0. The standard InChI is InChI=1S/C16H23NO4S/c1-11-6-4-9-15(12(11)2)17-22(19,20)14-8-5-7-13(10-14)16(18)21-3/h5,7-8,10-12,15,17H,4,6,9H2,1-3H3/t11-,12+,15+/m0/s1. The highest BCUT2D eigenvalue weighted by Crippen LogP contribution is 2.30. The zero-order chi connectivity index (χ0) is 16.3. The first-order chi connectivity index (χ1) is 10.3. The minimum absolute atomic E-state index is 0.0597. The normalized spacial score (nSPS) is 25.7. The number of carbonyl (C=O) groups is 1. The lowest BCUT2D eigenvalue weighted by Gasteiger charge is -2.34. The van der Waals surface area contributed by atoms with Crippen LogP contribution >= 0.6 is 0 Å². The second kappa shape index (κ2) is 6.79. The summed E-state index contributed by atoms with van der Waals surface area (Å²) in [5.74, 6) is 0.256. The number of hydrogen-bond donors (Lipinski definition) is 1. The predicted octanol–water partition coefficient (Wildman–Crippen LogP) is 2.58. The molecule has 2 rings (SSSR count). The first kappa shape index (κ1) is 17.0. The summed E-state index contributed by atoms with van der Waals surface area (Å²) in [6, 6.07) is 5.87. The highest BCUT2D eigenvalue weighted by Gasteiger charge is 2.30. The Kier molecular flexibility index (Phi) is 5.24. The second-order valence-electron chi connectivity index (χ2n) is 6.01. The van der Waals surface area contributed by atoms with E-state index in [0.717, 1.165) is 19.3 Å². The summed E-state index contributed by atoms with van der Waals surface area (Å²) in [5.41, 5.74) is 0.232. The molecule has 1 aliphatic rings. The Morgan fingerprint density at radius 3 is 2.68 bits per heavy atom. The smallest absolute Gasteiger partial charge is 0.337 e. The van der Waals surface area contributed by atoms with Gasteiger partial charge in [-0.05, 0) is 36.5 Å². The molecule has 3 atom stereocenters. The molecule has 0 unspecified atom stereocenters. The molecular formula is C16H23NO4S. The third-order valence-corrected chi connectivity index (χ3v) is 6.07. The highest BCUT2D eigenvalue weighted by molar-refractivity contribution is 7.89. The van der Waals surface area contributed by atoms with Crippen molar-refractivity contribution in [3.05, 3.63) is 29.8 Å². The lowest BCUT2D eigenvalue weighted by Crippen LogP contribution is -2.43. The van der Waals surface area contributed by atoms with Crippen molar-refractivity contribution in [2.45, 2.75) is 44.0 Å². The maximum atomic E-state index is 12.6. The van der Waals surface area contributed by atoms with E-state index in [1.165, 1.54) is 25.3 Å². The van der Waals surface area contributed by atoms with Crippen molar-refractivity contribution >= 4 is 16.0 Å². The predicted molar refractivity (Wildman–Crippen MR) is 84.1 cm³/mol. The SMILES string of the molecule is COC(=O)c1cccc(S(=O)(=O)N[C@@H]2CCC[C@H](C)[C@H]2C)c1. The Hall–Kier alpha value is -1.40. The molecule has 122 valence electrons. The number of esters is 1. The van der Waals surface area contributed by atoms with Gasteiger partial charge in [-0.3, -0.25) is 0 Å². The molecule has 0 saturated heterocycles. The molecular weight excluding hydrogens is 302 g/mol. The van der Waals surface area contributed by atoms with Crippen LogP contribution in [0.5, 0.6) is 0 Å². The van der Waals surface area contributed by atoms with Gasteiger partial charge in [0.25, 0.3) is 0 Å². The molecule has 1 saturated carbocycles. The summed E-state index contributed by atoms with van der Waals surface area (Å²) >= 11 is 0. The van der Waals surface area contributed by atoms with E-state index in [2.05, 4.69) is 23.3 Å². The van der Waals surface area contributed by atoms with Gasteiger partial charge in [0.15, 0.2) is 0 Å². The molecule has 0 aromatic heterocycles. The minimum atomic E-state index is -3.64. The van der Waals surface area contributed by atoms with Crippen LogP contribution in [0.3, 0.4) is 0 Å². The fourth-order valence-electron chi connectivity index (χ4n) is 2.92. The van der Waals surface area contributed by atoms with Gasteiger partial charge in [0.05, 0.1) is 17.6 Å². The van der Waals surface area contributed by atoms with Crippen molar-refractivity contribution in [3.63, 3.8) is 0 Å².